The number of methoxy groups -OCH3 is 1. The van der Waals surface area contributed by atoms with Crippen LogP contribution in [0.3, 0.4) is 0 Å². The first kappa shape index (κ1) is 30.2. The molecule has 1 atom stereocenters. The fourth-order valence-electron chi connectivity index (χ4n) is 3.89. The number of hydrogen-bond donors (Lipinski definition) is 1. The standard InChI is InChI=1S/C29H34BrN3O5S/c1-20(2)31-29(35)22(4)32(18-23-8-10-24(30)11-9-23)28(34)19-33(25-12-6-21(3)7-13-25)39(36,37)27-16-14-26(38-5)15-17-27/h6-17,20,22H,18-19H2,1-5H3,(H,31,35)/t22-/m0/s1. The maximum absolute atomic E-state index is 13.9. The summed E-state index contributed by atoms with van der Waals surface area (Å²) < 4.78 is 34.8. The second-order valence-corrected chi connectivity index (χ2v) is 12.3. The van der Waals surface area contributed by atoms with Gasteiger partial charge in [0.1, 0.15) is 18.3 Å². The van der Waals surface area contributed by atoms with Crippen LogP contribution in [0.15, 0.2) is 82.2 Å². The molecule has 1 N–H and O–H groups in total. The van der Waals surface area contributed by atoms with E-state index in [9.17, 15) is 18.0 Å². The Hall–Kier alpha value is -3.37. The highest BCUT2D eigenvalue weighted by atomic mass is 79.9. The number of rotatable bonds is 11. The molecule has 39 heavy (non-hydrogen) atoms. The fraction of sp³-hybridized carbons (Fsp3) is 0.310. The molecule has 10 heteroatoms. The van der Waals surface area contributed by atoms with Gasteiger partial charge in [-0.2, -0.15) is 0 Å². The predicted molar refractivity (Wildman–Crippen MR) is 156 cm³/mol. The Morgan fingerprint density at radius 1 is 0.923 bits per heavy atom. The summed E-state index contributed by atoms with van der Waals surface area (Å²) in [6.45, 7) is 6.85. The predicted octanol–water partition coefficient (Wildman–Crippen LogP) is 4.90. The molecule has 3 rings (SSSR count). The molecule has 0 saturated heterocycles. The average Bonchev–Trinajstić information content (AvgIpc) is 2.91. The van der Waals surface area contributed by atoms with Gasteiger partial charge in [-0.3, -0.25) is 13.9 Å². The molecule has 0 radical (unpaired) electrons. The molecule has 3 aromatic carbocycles. The maximum Gasteiger partial charge on any atom is 0.264 e. The van der Waals surface area contributed by atoms with Crippen molar-refractivity contribution in [2.75, 3.05) is 18.0 Å². The lowest BCUT2D eigenvalue weighted by Gasteiger charge is -2.32. The molecule has 0 spiro atoms. The van der Waals surface area contributed by atoms with E-state index in [1.54, 1.807) is 43.3 Å². The first-order valence-electron chi connectivity index (χ1n) is 12.5. The molecular formula is C29H34BrN3O5S. The van der Waals surface area contributed by atoms with Gasteiger partial charge in [-0.05, 0) is 81.8 Å². The molecule has 2 amide bonds. The van der Waals surface area contributed by atoms with Crippen molar-refractivity contribution in [2.24, 2.45) is 0 Å². The highest BCUT2D eigenvalue weighted by Gasteiger charge is 2.32. The van der Waals surface area contributed by atoms with Crippen molar-refractivity contribution in [3.05, 3.63) is 88.4 Å². The number of nitrogens with zero attached hydrogens (tertiary/aromatic N) is 2. The number of carbonyl (C=O) groups excluding carboxylic acids is 2. The van der Waals surface area contributed by atoms with Gasteiger partial charge < -0.3 is 15.0 Å². The van der Waals surface area contributed by atoms with Gasteiger partial charge in [-0.15, -0.1) is 0 Å². The number of amides is 2. The summed E-state index contributed by atoms with van der Waals surface area (Å²) in [5, 5.41) is 2.85. The van der Waals surface area contributed by atoms with Crippen molar-refractivity contribution in [2.45, 2.75) is 51.2 Å². The zero-order chi connectivity index (χ0) is 28.7. The van der Waals surface area contributed by atoms with E-state index in [0.29, 0.717) is 11.4 Å². The van der Waals surface area contributed by atoms with Gasteiger partial charge in [0.05, 0.1) is 17.7 Å². The lowest BCUT2D eigenvalue weighted by atomic mass is 10.1. The smallest absolute Gasteiger partial charge is 0.264 e. The van der Waals surface area contributed by atoms with Crippen molar-refractivity contribution in [1.82, 2.24) is 10.2 Å². The lowest BCUT2D eigenvalue weighted by molar-refractivity contribution is -0.139. The highest BCUT2D eigenvalue weighted by molar-refractivity contribution is 9.10. The molecule has 0 fully saturated rings. The second kappa shape index (κ2) is 13.1. The third-order valence-electron chi connectivity index (χ3n) is 6.11. The van der Waals surface area contributed by atoms with E-state index in [2.05, 4.69) is 21.2 Å². The quantitative estimate of drug-likeness (QED) is 0.331. The minimum atomic E-state index is -4.14. The number of nitrogens with one attached hydrogen (secondary N) is 1. The van der Waals surface area contributed by atoms with Gasteiger partial charge in [-0.25, -0.2) is 8.42 Å². The number of halogens is 1. The van der Waals surface area contributed by atoms with Crippen LogP contribution in [0.25, 0.3) is 0 Å². The molecule has 0 aromatic heterocycles. The molecular weight excluding hydrogens is 582 g/mol. The van der Waals surface area contributed by atoms with E-state index < -0.39 is 28.5 Å². The minimum absolute atomic E-state index is 0.0155. The molecule has 3 aromatic rings. The number of ether oxygens (including phenoxy) is 1. The summed E-state index contributed by atoms with van der Waals surface area (Å²) in [5.41, 5.74) is 2.09. The van der Waals surface area contributed by atoms with Crippen molar-refractivity contribution in [3.8, 4) is 5.75 Å². The van der Waals surface area contributed by atoms with Crippen LogP contribution < -0.4 is 14.4 Å². The Balaban J connectivity index is 2.02. The molecule has 0 aliphatic rings. The summed E-state index contributed by atoms with van der Waals surface area (Å²) in [6, 6.07) is 19.3. The van der Waals surface area contributed by atoms with Crippen LogP contribution in [-0.2, 0) is 26.2 Å². The van der Waals surface area contributed by atoms with Gasteiger partial charge in [0.15, 0.2) is 0 Å². The number of sulfonamides is 1. The van der Waals surface area contributed by atoms with Crippen LogP contribution in [0.4, 0.5) is 5.69 Å². The van der Waals surface area contributed by atoms with Crippen LogP contribution in [0.1, 0.15) is 31.9 Å². The van der Waals surface area contributed by atoms with E-state index in [1.165, 1.54) is 24.1 Å². The highest BCUT2D eigenvalue weighted by Crippen LogP contribution is 2.26. The van der Waals surface area contributed by atoms with Crippen LogP contribution in [0.5, 0.6) is 5.75 Å². The van der Waals surface area contributed by atoms with Crippen LogP contribution >= 0.6 is 15.9 Å². The molecule has 8 nitrogen and oxygen atoms in total. The number of anilines is 1. The van der Waals surface area contributed by atoms with E-state index in [4.69, 9.17) is 4.74 Å². The Kier molecular flexibility index (Phi) is 10.2. The third kappa shape index (κ3) is 7.83. The molecule has 0 bridgehead atoms. The summed E-state index contributed by atoms with van der Waals surface area (Å²) in [4.78, 5) is 28.3. The monoisotopic (exact) mass is 615 g/mol. The molecule has 0 unspecified atom stereocenters. The van der Waals surface area contributed by atoms with E-state index in [0.717, 1.165) is 19.9 Å². The van der Waals surface area contributed by atoms with E-state index in [-0.39, 0.29) is 23.4 Å². The average molecular weight is 617 g/mol. The largest absolute Gasteiger partial charge is 0.497 e. The van der Waals surface area contributed by atoms with Crippen molar-refractivity contribution < 1.29 is 22.7 Å². The Morgan fingerprint density at radius 2 is 1.51 bits per heavy atom. The molecule has 0 heterocycles. The summed E-state index contributed by atoms with van der Waals surface area (Å²) in [6.07, 6.45) is 0. The summed E-state index contributed by atoms with van der Waals surface area (Å²) in [7, 11) is -2.64. The van der Waals surface area contributed by atoms with Gasteiger partial charge in [0, 0.05) is 17.1 Å². The van der Waals surface area contributed by atoms with Gasteiger partial charge in [0.25, 0.3) is 10.0 Å². The maximum atomic E-state index is 13.9. The number of hydrogen-bond acceptors (Lipinski definition) is 5. The van der Waals surface area contributed by atoms with Crippen LogP contribution in [0, 0.1) is 6.92 Å². The summed E-state index contributed by atoms with van der Waals surface area (Å²) in [5.74, 6) is -0.324. The third-order valence-corrected chi connectivity index (χ3v) is 8.43. The Bertz CT molecular complexity index is 1380. The van der Waals surface area contributed by atoms with E-state index >= 15 is 0 Å². The van der Waals surface area contributed by atoms with Gasteiger partial charge in [0.2, 0.25) is 11.8 Å². The zero-order valence-electron chi connectivity index (χ0n) is 22.7. The Labute approximate surface area is 239 Å². The zero-order valence-corrected chi connectivity index (χ0v) is 25.1. The summed E-state index contributed by atoms with van der Waals surface area (Å²) >= 11 is 3.41. The fourth-order valence-corrected chi connectivity index (χ4v) is 5.57. The normalized spacial score (nSPS) is 12.1. The minimum Gasteiger partial charge on any atom is -0.497 e. The molecule has 0 aliphatic heterocycles. The lowest BCUT2D eigenvalue weighted by Crippen LogP contribution is -2.52. The van der Waals surface area contributed by atoms with Gasteiger partial charge >= 0.3 is 0 Å². The number of benzene rings is 3. The van der Waals surface area contributed by atoms with Crippen LogP contribution in [-0.4, -0.2) is 50.9 Å². The van der Waals surface area contributed by atoms with Crippen molar-refractivity contribution in [3.63, 3.8) is 0 Å². The SMILES string of the molecule is COc1ccc(S(=O)(=O)N(CC(=O)N(Cc2ccc(Br)cc2)[C@@H](C)C(=O)NC(C)C)c2ccc(C)cc2)cc1. The molecule has 0 aliphatic carbocycles. The second-order valence-electron chi connectivity index (χ2n) is 9.51. The first-order chi connectivity index (χ1) is 18.4. The van der Waals surface area contributed by atoms with Crippen LogP contribution in [0.2, 0.25) is 0 Å². The Morgan fingerprint density at radius 3 is 2.05 bits per heavy atom. The van der Waals surface area contributed by atoms with Crippen molar-refractivity contribution >= 4 is 43.5 Å². The molecule has 0 saturated carbocycles. The first-order valence-corrected chi connectivity index (χ1v) is 14.7. The topological polar surface area (TPSA) is 96.0 Å². The van der Waals surface area contributed by atoms with Crippen molar-refractivity contribution in [1.29, 1.82) is 0 Å². The van der Waals surface area contributed by atoms with Gasteiger partial charge in [-0.1, -0.05) is 45.8 Å². The number of aryl methyl sites for hydroxylation is 1. The van der Waals surface area contributed by atoms with E-state index in [1.807, 2.05) is 45.0 Å². The molecule has 208 valence electrons. The number of carbonyl (C=O) groups is 2.